The average molecular weight is 188 g/mol. The summed E-state index contributed by atoms with van der Waals surface area (Å²) >= 11 is 0. The third kappa shape index (κ3) is 4.85. The monoisotopic (exact) mass is 188 g/mol. The molecule has 1 amide bonds. The molecule has 0 fully saturated rings. The minimum Gasteiger partial charge on any atom is -0.395 e. The number of hydrogen-bond acceptors (Lipinski definition) is 3. The molecule has 78 valence electrons. The van der Waals surface area contributed by atoms with Gasteiger partial charge in [0.1, 0.15) is 0 Å². The van der Waals surface area contributed by atoms with Gasteiger partial charge in [0.2, 0.25) is 5.91 Å². The van der Waals surface area contributed by atoms with Crippen molar-refractivity contribution in [2.45, 2.75) is 19.9 Å². The van der Waals surface area contributed by atoms with Crippen molar-refractivity contribution in [3.05, 3.63) is 0 Å². The molecular weight excluding hydrogens is 168 g/mol. The second-order valence-corrected chi connectivity index (χ2v) is 3.56. The van der Waals surface area contributed by atoms with Crippen molar-refractivity contribution in [1.82, 2.24) is 9.80 Å². The highest BCUT2D eigenvalue weighted by Crippen LogP contribution is 1.95. The van der Waals surface area contributed by atoms with Crippen molar-refractivity contribution in [3.8, 4) is 0 Å². The summed E-state index contributed by atoms with van der Waals surface area (Å²) in [4.78, 5) is 15.0. The van der Waals surface area contributed by atoms with Crippen LogP contribution in [0.2, 0.25) is 0 Å². The summed E-state index contributed by atoms with van der Waals surface area (Å²) in [5.41, 5.74) is 0. The molecule has 0 saturated carbocycles. The van der Waals surface area contributed by atoms with Crippen molar-refractivity contribution in [3.63, 3.8) is 0 Å². The fourth-order valence-corrected chi connectivity index (χ4v) is 0.880. The van der Waals surface area contributed by atoms with E-state index in [4.69, 9.17) is 5.11 Å². The maximum absolute atomic E-state index is 11.5. The van der Waals surface area contributed by atoms with Gasteiger partial charge < -0.3 is 10.0 Å². The van der Waals surface area contributed by atoms with Crippen molar-refractivity contribution in [1.29, 1.82) is 0 Å². The van der Waals surface area contributed by atoms with Gasteiger partial charge in [-0.05, 0) is 20.9 Å². The Kier molecular flexibility index (Phi) is 5.66. The predicted molar refractivity (Wildman–Crippen MR) is 52.5 cm³/mol. The average Bonchev–Trinajstić information content (AvgIpc) is 2.03. The van der Waals surface area contributed by atoms with Crippen LogP contribution in [0.4, 0.5) is 0 Å². The smallest absolute Gasteiger partial charge is 0.236 e. The summed E-state index contributed by atoms with van der Waals surface area (Å²) in [5.74, 6) is 0.0888. The zero-order valence-electron chi connectivity index (χ0n) is 8.95. The lowest BCUT2D eigenvalue weighted by Crippen LogP contribution is -2.40. The number of rotatable bonds is 5. The molecule has 0 atom stereocenters. The van der Waals surface area contributed by atoms with Crippen LogP contribution in [0.15, 0.2) is 0 Å². The van der Waals surface area contributed by atoms with Gasteiger partial charge in [0.25, 0.3) is 0 Å². The zero-order valence-corrected chi connectivity index (χ0v) is 8.95. The van der Waals surface area contributed by atoms with E-state index in [1.807, 2.05) is 20.9 Å². The van der Waals surface area contributed by atoms with Gasteiger partial charge in [-0.2, -0.15) is 0 Å². The number of amides is 1. The highest BCUT2D eigenvalue weighted by molar-refractivity contribution is 5.78. The van der Waals surface area contributed by atoms with Gasteiger partial charge >= 0.3 is 0 Å². The molecule has 0 aromatic rings. The van der Waals surface area contributed by atoms with Crippen molar-refractivity contribution >= 4 is 5.91 Å². The number of carbonyl (C=O) groups excluding carboxylic acids is 1. The van der Waals surface area contributed by atoms with E-state index in [1.165, 1.54) is 0 Å². The van der Waals surface area contributed by atoms with E-state index in [1.54, 1.807) is 16.8 Å². The molecule has 0 bridgehead atoms. The van der Waals surface area contributed by atoms with Gasteiger partial charge in [0.15, 0.2) is 0 Å². The van der Waals surface area contributed by atoms with Crippen LogP contribution in [-0.2, 0) is 4.79 Å². The second kappa shape index (κ2) is 5.94. The van der Waals surface area contributed by atoms with Crippen LogP contribution in [0.5, 0.6) is 0 Å². The Hall–Kier alpha value is -0.610. The highest BCUT2D eigenvalue weighted by atomic mass is 16.3. The van der Waals surface area contributed by atoms with E-state index in [9.17, 15) is 4.79 Å². The van der Waals surface area contributed by atoms with E-state index < -0.39 is 0 Å². The fraction of sp³-hybridized carbons (Fsp3) is 0.889. The molecule has 0 radical (unpaired) electrons. The summed E-state index contributed by atoms with van der Waals surface area (Å²) in [6.07, 6.45) is 0. The fourth-order valence-electron chi connectivity index (χ4n) is 0.880. The minimum atomic E-state index is 0.0888. The van der Waals surface area contributed by atoms with Gasteiger partial charge in [-0.3, -0.25) is 9.69 Å². The lowest BCUT2D eigenvalue weighted by molar-refractivity contribution is -0.132. The van der Waals surface area contributed by atoms with Crippen LogP contribution in [0, 0.1) is 0 Å². The molecule has 0 unspecified atom stereocenters. The third-order valence-electron chi connectivity index (χ3n) is 2.05. The summed E-state index contributed by atoms with van der Waals surface area (Å²) in [6.45, 7) is 4.95. The lowest BCUT2D eigenvalue weighted by atomic mass is 10.3. The number of carbonyl (C=O) groups is 1. The van der Waals surface area contributed by atoms with Crippen molar-refractivity contribution < 1.29 is 9.90 Å². The Morgan fingerprint density at radius 3 is 2.31 bits per heavy atom. The molecule has 4 heteroatoms. The number of aliphatic hydroxyl groups excluding tert-OH is 1. The first kappa shape index (κ1) is 12.4. The van der Waals surface area contributed by atoms with Gasteiger partial charge in [0, 0.05) is 19.6 Å². The SMILES string of the molecule is CC(C)N(C)C(=O)CN(C)CCO. The lowest BCUT2D eigenvalue weighted by Gasteiger charge is -2.24. The summed E-state index contributed by atoms with van der Waals surface area (Å²) < 4.78 is 0. The number of hydrogen-bond donors (Lipinski definition) is 1. The van der Waals surface area contributed by atoms with Crippen molar-refractivity contribution in [2.24, 2.45) is 0 Å². The van der Waals surface area contributed by atoms with Crippen LogP contribution in [0.3, 0.4) is 0 Å². The van der Waals surface area contributed by atoms with E-state index in [0.29, 0.717) is 13.1 Å². The summed E-state index contributed by atoms with van der Waals surface area (Å²) in [5, 5.41) is 8.63. The molecule has 1 N–H and O–H groups in total. The Labute approximate surface area is 80.1 Å². The number of likely N-dealkylation sites (N-methyl/N-ethyl adjacent to an activating group) is 2. The molecular formula is C9H20N2O2. The number of nitrogens with zero attached hydrogens (tertiary/aromatic N) is 2. The Bertz CT molecular complexity index is 160. The van der Waals surface area contributed by atoms with Crippen molar-refractivity contribution in [2.75, 3.05) is 33.8 Å². The van der Waals surface area contributed by atoms with Gasteiger partial charge in [0.05, 0.1) is 13.2 Å². The van der Waals surface area contributed by atoms with Crippen LogP contribution in [0.1, 0.15) is 13.8 Å². The van der Waals surface area contributed by atoms with Crippen LogP contribution < -0.4 is 0 Å². The summed E-state index contributed by atoms with van der Waals surface area (Å²) in [6, 6.07) is 0.232. The molecule has 0 saturated heterocycles. The first-order chi connectivity index (χ1) is 5.99. The molecule has 0 spiro atoms. The first-order valence-electron chi connectivity index (χ1n) is 4.54. The Balaban J connectivity index is 3.85. The Morgan fingerprint density at radius 2 is 1.92 bits per heavy atom. The minimum absolute atomic E-state index is 0.0888. The molecule has 0 aromatic carbocycles. The van der Waals surface area contributed by atoms with E-state index >= 15 is 0 Å². The predicted octanol–water partition coefficient (Wildman–Crippen LogP) is -0.223. The van der Waals surface area contributed by atoms with Crippen LogP contribution >= 0.6 is 0 Å². The molecule has 0 aliphatic carbocycles. The van der Waals surface area contributed by atoms with Gasteiger partial charge in [-0.15, -0.1) is 0 Å². The first-order valence-corrected chi connectivity index (χ1v) is 4.54. The topological polar surface area (TPSA) is 43.8 Å². The van der Waals surface area contributed by atoms with Gasteiger partial charge in [-0.25, -0.2) is 0 Å². The normalized spacial score (nSPS) is 11.0. The van der Waals surface area contributed by atoms with Gasteiger partial charge in [-0.1, -0.05) is 0 Å². The third-order valence-corrected chi connectivity index (χ3v) is 2.05. The highest BCUT2D eigenvalue weighted by Gasteiger charge is 2.13. The Morgan fingerprint density at radius 1 is 1.38 bits per heavy atom. The van der Waals surface area contributed by atoms with E-state index in [-0.39, 0.29) is 18.6 Å². The van der Waals surface area contributed by atoms with Crippen LogP contribution in [0.25, 0.3) is 0 Å². The molecule has 0 aliphatic heterocycles. The maximum Gasteiger partial charge on any atom is 0.236 e. The largest absolute Gasteiger partial charge is 0.395 e. The molecule has 0 rings (SSSR count). The van der Waals surface area contributed by atoms with E-state index in [2.05, 4.69) is 0 Å². The quantitative estimate of drug-likeness (QED) is 0.648. The number of aliphatic hydroxyl groups is 1. The second-order valence-electron chi connectivity index (χ2n) is 3.56. The molecule has 0 heterocycles. The molecule has 13 heavy (non-hydrogen) atoms. The molecule has 0 aromatic heterocycles. The molecule has 4 nitrogen and oxygen atoms in total. The zero-order chi connectivity index (χ0) is 10.4. The standard InChI is InChI=1S/C9H20N2O2/c1-8(2)11(4)9(13)7-10(3)5-6-12/h8,12H,5-7H2,1-4H3. The van der Waals surface area contributed by atoms with Crippen LogP contribution in [-0.4, -0.2) is 60.6 Å². The summed E-state index contributed by atoms with van der Waals surface area (Å²) in [7, 11) is 3.61. The maximum atomic E-state index is 11.5. The van der Waals surface area contributed by atoms with E-state index in [0.717, 1.165) is 0 Å². The molecule has 0 aliphatic rings.